The highest BCUT2D eigenvalue weighted by Crippen LogP contribution is 2.28. The molecule has 0 atom stereocenters. The van der Waals surface area contributed by atoms with E-state index in [1.165, 1.54) is 16.7 Å². The van der Waals surface area contributed by atoms with Crippen molar-refractivity contribution in [2.45, 2.75) is 33.6 Å². The molecule has 1 rings (SSSR count). The van der Waals surface area contributed by atoms with E-state index in [9.17, 15) is 0 Å². The van der Waals surface area contributed by atoms with Gasteiger partial charge in [-0.3, -0.25) is 0 Å². The van der Waals surface area contributed by atoms with Crippen LogP contribution in [0.15, 0.2) is 12.1 Å². The van der Waals surface area contributed by atoms with Gasteiger partial charge in [0, 0.05) is 5.02 Å². The van der Waals surface area contributed by atoms with Gasteiger partial charge < -0.3 is 0 Å². The van der Waals surface area contributed by atoms with Gasteiger partial charge in [-0.15, -0.1) is 0 Å². The number of hydrogen-bond donors (Lipinski definition) is 0. The van der Waals surface area contributed by atoms with Crippen molar-refractivity contribution >= 4 is 11.6 Å². The maximum absolute atomic E-state index is 6.03. The van der Waals surface area contributed by atoms with E-state index in [4.69, 9.17) is 11.6 Å². The smallest absolute Gasteiger partial charge is 0.0438 e. The molecule has 1 aromatic carbocycles. The summed E-state index contributed by atoms with van der Waals surface area (Å²) in [5.41, 5.74) is 3.96. The fourth-order valence-corrected chi connectivity index (χ4v) is 1.89. The lowest BCUT2D eigenvalue weighted by molar-refractivity contribution is 0.846. The number of halogens is 1. The van der Waals surface area contributed by atoms with Gasteiger partial charge in [0.1, 0.15) is 0 Å². The summed E-state index contributed by atoms with van der Waals surface area (Å²) in [6.07, 6.45) is 0. The van der Waals surface area contributed by atoms with E-state index in [-0.39, 0.29) is 0 Å². The molecule has 0 N–H and O–H groups in total. The lowest BCUT2D eigenvalue weighted by Crippen LogP contribution is -1.96. The van der Waals surface area contributed by atoms with Crippen molar-refractivity contribution in [2.24, 2.45) is 0 Å². The van der Waals surface area contributed by atoms with Gasteiger partial charge in [-0.05, 0) is 42.5 Å². The third-order valence-corrected chi connectivity index (χ3v) is 2.65. The summed E-state index contributed by atoms with van der Waals surface area (Å²) >= 11 is 6.03. The normalized spacial score (nSPS) is 10.8. The summed E-state index contributed by atoms with van der Waals surface area (Å²) in [5, 5.41) is 0.879. The van der Waals surface area contributed by atoms with Crippen LogP contribution in [0, 0.1) is 13.8 Å². The van der Waals surface area contributed by atoms with E-state index < -0.39 is 0 Å². The monoisotopic (exact) mass is 182 g/mol. The van der Waals surface area contributed by atoms with E-state index >= 15 is 0 Å². The molecule has 0 aliphatic heterocycles. The van der Waals surface area contributed by atoms with Crippen LogP contribution in [-0.2, 0) is 0 Å². The molecule has 12 heavy (non-hydrogen) atoms. The summed E-state index contributed by atoms with van der Waals surface area (Å²) in [4.78, 5) is 0. The molecule has 1 heteroatoms. The van der Waals surface area contributed by atoms with E-state index in [2.05, 4.69) is 33.8 Å². The Kier molecular flexibility index (Phi) is 2.79. The molecule has 0 amide bonds. The summed E-state index contributed by atoms with van der Waals surface area (Å²) in [7, 11) is 0. The molecule has 0 spiro atoms. The van der Waals surface area contributed by atoms with Crippen molar-refractivity contribution in [1.29, 1.82) is 0 Å². The fourth-order valence-electron chi connectivity index (χ4n) is 1.73. The minimum Gasteiger partial charge on any atom is -0.0840 e. The number of hydrogen-bond acceptors (Lipinski definition) is 0. The first-order chi connectivity index (χ1) is 5.54. The van der Waals surface area contributed by atoms with Gasteiger partial charge in [-0.1, -0.05) is 31.5 Å². The van der Waals surface area contributed by atoms with E-state index in [0.717, 1.165) is 5.02 Å². The van der Waals surface area contributed by atoms with Gasteiger partial charge in [-0.25, -0.2) is 0 Å². The van der Waals surface area contributed by atoms with Gasteiger partial charge in [0.2, 0.25) is 0 Å². The molecular weight excluding hydrogens is 168 g/mol. The molecule has 0 radical (unpaired) electrons. The maximum Gasteiger partial charge on any atom is 0.0438 e. The lowest BCUT2D eigenvalue weighted by atomic mass is 9.93. The van der Waals surface area contributed by atoms with Gasteiger partial charge in [0.15, 0.2) is 0 Å². The summed E-state index contributed by atoms with van der Waals surface area (Å²) in [6.45, 7) is 8.63. The highest BCUT2D eigenvalue weighted by Gasteiger charge is 2.08. The Morgan fingerprint density at radius 2 is 1.75 bits per heavy atom. The Balaban J connectivity index is 3.33. The Morgan fingerprint density at radius 3 is 2.17 bits per heavy atom. The van der Waals surface area contributed by atoms with Crippen LogP contribution < -0.4 is 0 Å². The molecule has 0 saturated carbocycles. The Labute approximate surface area is 79.6 Å². The van der Waals surface area contributed by atoms with Crippen molar-refractivity contribution in [1.82, 2.24) is 0 Å². The first-order valence-electron chi connectivity index (χ1n) is 4.29. The zero-order valence-corrected chi connectivity index (χ0v) is 8.87. The van der Waals surface area contributed by atoms with E-state index in [1.807, 2.05) is 6.07 Å². The predicted octanol–water partition coefficient (Wildman–Crippen LogP) is 4.08. The zero-order valence-electron chi connectivity index (χ0n) is 8.11. The maximum atomic E-state index is 6.03. The number of rotatable bonds is 1. The predicted molar refractivity (Wildman–Crippen MR) is 55.0 cm³/mol. The molecule has 0 aliphatic carbocycles. The van der Waals surface area contributed by atoms with Gasteiger partial charge in [-0.2, -0.15) is 0 Å². The second-order valence-electron chi connectivity index (χ2n) is 3.56. The highest BCUT2D eigenvalue weighted by atomic mass is 35.5. The molecule has 0 saturated heterocycles. The van der Waals surface area contributed by atoms with Crippen LogP contribution >= 0.6 is 11.6 Å². The number of aryl methyl sites for hydroxylation is 1. The second kappa shape index (κ2) is 3.49. The molecule has 0 heterocycles. The van der Waals surface area contributed by atoms with Crippen molar-refractivity contribution in [2.75, 3.05) is 0 Å². The minimum absolute atomic E-state index is 0.559. The van der Waals surface area contributed by atoms with Crippen LogP contribution in [0.3, 0.4) is 0 Å². The van der Waals surface area contributed by atoms with Crippen LogP contribution in [-0.4, -0.2) is 0 Å². The Hall–Kier alpha value is -0.490. The van der Waals surface area contributed by atoms with Crippen molar-refractivity contribution in [3.63, 3.8) is 0 Å². The second-order valence-corrected chi connectivity index (χ2v) is 3.96. The molecule has 0 aromatic heterocycles. The van der Waals surface area contributed by atoms with Crippen LogP contribution in [0.5, 0.6) is 0 Å². The van der Waals surface area contributed by atoms with Gasteiger partial charge in [0.05, 0.1) is 0 Å². The SMILES string of the molecule is Cc1ccc(Cl)c(C)c1C(C)C. The molecule has 66 valence electrons. The summed E-state index contributed by atoms with van der Waals surface area (Å²) < 4.78 is 0. The molecule has 0 unspecified atom stereocenters. The number of benzene rings is 1. The van der Waals surface area contributed by atoms with Gasteiger partial charge >= 0.3 is 0 Å². The first-order valence-corrected chi connectivity index (χ1v) is 4.67. The zero-order chi connectivity index (χ0) is 9.30. The van der Waals surface area contributed by atoms with E-state index in [0.29, 0.717) is 5.92 Å². The van der Waals surface area contributed by atoms with Crippen molar-refractivity contribution in [3.8, 4) is 0 Å². The molecule has 0 aliphatic rings. The van der Waals surface area contributed by atoms with Crippen LogP contribution in [0.4, 0.5) is 0 Å². The van der Waals surface area contributed by atoms with Crippen LogP contribution in [0.2, 0.25) is 5.02 Å². The lowest BCUT2D eigenvalue weighted by Gasteiger charge is -2.14. The molecule has 0 bridgehead atoms. The quantitative estimate of drug-likeness (QED) is 0.614. The molecule has 0 fully saturated rings. The standard InChI is InChI=1S/C11H15Cl/c1-7(2)11-8(3)5-6-10(12)9(11)4/h5-7H,1-4H3. The Morgan fingerprint density at radius 1 is 1.17 bits per heavy atom. The van der Waals surface area contributed by atoms with Crippen LogP contribution in [0.25, 0.3) is 0 Å². The van der Waals surface area contributed by atoms with Crippen molar-refractivity contribution in [3.05, 3.63) is 33.8 Å². The molecule has 1 aromatic rings. The fraction of sp³-hybridized carbons (Fsp3) is 0.455. The first kappa shape index (κ1) is 9.60. The summed E-state index contributed by atoms with van der Waals surface area (Å²) in [6, 6.07) is 4.06. The van der Waals surface area contributed by atoms with E-state index in [1.54, 1.807) is 0 Å². The average molecular weight is 183 g/mol. The highest BCUT2D eigenvalue weighted by molar-refractivity contribution is 6.31. The minimum atomic E-state index is 0.559. The average Bonchev–Trinajstić information content (AvgIpc) is 1.97. The topological polar surface area (TPSA) is 0 Å². The third-order valence-electron chi connectivity index (χ3n) is 2.24. The Bertz CT molecular complexity index is 287. The molecule has 0 nitrogen and oxygen atoms in total. The van der Waals surface area contributed by atoms with Gasteiger partial charge in [0.25, 0.3) is 0 Å². The van der Waals surface area contributed by atoms with Crippen LogP contribution in [0.1, 0.15) is 36.5 Å². The molecular formula is C11H15Cl. The van der Waals surface area contributed by atoms with Crippen molar-refractivity contribution < 1.29 is 0 Å². The third kappa shape index (κ3) is 1.64. The largest absolute Gasteiger partial charge is 0.0840 e. The summed E-state index contributed by atoms with van der Waals surface area (Å²) in [5.74, 6) is 0.559.